The van der Waals surface area contributed by atoms with Gasteiger partial charge in [0.2, 0.25) is 0 Å². The van der Waals surface area contributed by atoms with Crippen molar-refractivity contribution in [3.8, 4) is 0 Å². The van der Waals surface area contributed by atoms with Crippen LogP contribution in [0.1, 0.15) is 31.1 Å². The largest absolute Gasteiger partial charge is 0.350 e. The van der Waals surface area contributed by atoms with Crippen molar-refractivity contribution in [2.45, 2.75) is 38.8 Å². The maximum Gasteiger partial charge on any atom is 0.156 e. The monoisotopic (exact) mass is 204 g/mol. The summed E-state index contributed by atoms with van der Waals surface area (Å²) in [4.78, 5) is 0. The van der Waals surface area contributed by atoms with Crippen molar-refractivity contribution in [2.75, 3.05) is 0 Å². The van der Waals surface area contributed by atoms with E-state index in [2.05, 4.69) is 31.2 Å². The van der Waals surface area contributed by atoms with E-state index in [-0.39, 0.29) is 12.4 Å². The van der Waals surface area contributed by atoms with Crippen LogP contribution in [0.5, 0.6) is 0 Å². The molecule has 1 aliphatic heterocycles. The Balaban J connectivity index is 1.98. The minimum absolute atomic E-state index is 0.0765. The zero-order valence-electron chi connectivity index (χ0n) is 9.14. The first-order chi connectivity index (χ1) is 7.25. The summed E-state index contributed by atoms with van der Waals surface area (Å²) in [5.41, 5.74) is 2.79. The predicted octanol–water partition coefficient (Wildman–Crippen LogP) is 2.68. The van der Waals surface area contributed by atoms with Gasteiger partial charge in [0.05, 0.1) is 12.2 Å². The van der Waals surface area contributed by atoms with Gasteiger partial charge in [-0.05, 0) is 31.4 Å². The maximum atomic E-state index is 5.88. The van der Waals surface area contributed by atoms with Crippen LogP contribution < -0.4 is 0 Å². The second-order valence-corrected chi connectivity index (χ2v) is 4.53. The van der Waals surface area contributed by atoms with Crippen molar-refractivity contribution < 1.29 is 9.47 Å². The van der Waals surface area contributed by atoms with Gasteiger partial charge in [-0.2, -0.15) is 0 Å². The molecule has 2 nitrogen and oxygen atoms in total. The first kappa shape index (κ1) is 9.37. The van der Waals surface area contributed by atoms with Crippen LogP contribution in [-0.4, -0.2) is 12.4 Å². The number of fused-ring (bicyclic) bond motifs is 3. The second-order valence-electron chi connectivity index (χ2n) is 4.53. The van der Waals surface area contributed by atoms with Gasteiger partial charge in [0.1, 0.15) is 0 Å². The zero-order valence-corrected chi connectivity index (χ0v) is 9.14. The Morgan fingerprint density at radius 2 is 1.93 bits per heavy atom. The number of rotatable bonds is 0. The van der Waals surface area contributed by atoms with Gasteiger partial charge in [-0.15, -0.1) is 0 Å². The zero-order chi connectivity index (χ0) is 10.4. The highest BCUT2D eigenvalue weighted by Crippen LogP contribution is 2.44. The molecule has 3 rings (SSSR count). The van der Waals surface area contributed by atoms with Crippen molar-refractivity contribution in [3.05, 3.63) is 35.4 Å². The van der Waals surface area contributed by atoms with Gasteiger partial charge in [-0.3, -0.25) is 0 Å². The van der Waals surface area contributed by atoms with Gasteiger partial charge in [0.15, 0.2) is 6.29 Å². The molecule has 1 aromatic carbocycles. The quantitative estimate of drug-likeness (QED) is 0.647. The molecular formula is C13H16O2. The van der Waals surface area contributed by atoms with Gasteiger partial charge in [0, 0.05) is 5.92 Å². The second kappa shape index (κ2) is 3.32. The summed E-state index contributed by atoms with van der Waals surface area (Å²) in [7, 11) is 0. The molecule has 2 aliphatic rings. The van der Waals surface area contributed by atoms with Crippen molar-refractivity contribution in [1.82, 2.24) is 0 Å². The molecular weight excluding hydrogens is 188 g/mol. The first-order valence-corrected chi connectivity index (χ1v) is 5.64. The number of hydrogen-bond acceptors (Lipinski definition) is 2. The Hall–Kier alpha value is -0.860. The van der Waals surface area contributed by atoms with Crippen molar-refractivity contribution in [2.24, 2.45) is 5.92 Å². The molecule has 0 N–H and O–H groups in total. The predicted molar refractivity (Wildman–Crippen MR) is 57.5 cm³/mol. The average molecular weight is 204 g/mol. The van der Waals surface area contributed by atoms with Gasteiger partial charge in [-0.1, -0.05) is 24.3 Å². The first-order valence-electron chi connectivity index (χ1n) is 5.64. The number of hydrogen-bond donors (Lipinski definition) is 0. The molecule has 2 heteroatoms. The van der Waals surface area contributed by atoms with Crippen LogP contribution in [0.25, 0.3) is 0 Å². The fourth-order valence-electron chi connectivity index (χ4n) is 2.82. The fraction of sp³-hybridized carbons (Fsp3) is 0.538. The Kier molecular flexibility index (Phi) is 2.08. The fourth-order valence-corrected chi connectivity index (χ4v) is 2.82. The Labute approximate surface area is 90.2 Å². The molecule has 4 atom stereocenters. The highest BCUT2D eigenvalue weighted by molar-refractivity contribution is 5.35. The van der Waals surface area contributed by atoms with Crippen LogP contribution in [0.3, 0.4) is 0 Å². The molecule has 0 bridgehead atoms. The van der Waals surface area contributed by atoms with E-state index in [1.54, 1.807) is 0 Å². The topological polar surface area (TPSA) is 18.5 Å². The summed E-state index contributed by atoms with van der Waals surface area (Å²) < 4.78 is 11.6. The van der Waals surface area contributed by atoms with Crippen LogP contribution in [0.4, 0.5) is 0 Å². The minimum Gasteiger partial charge on any atom is -0.350 e. The highest BCUT2D eigenvalue weighted by atomic mass is 16.7. The van der Waals surface area contributed by atoms with E-state index in [1.165, 1.54) is 11.1 Å². The molecule has 0 amide bonds. The van der Waals surface area contributed by atoms with Gasteiger partial charge >= 0.3 is 0 Å². The third-order valence-electron chi connectivity index (χ3n) is 3.55. The molecule has 1 aliphatic carbocycles. The molecule has 0 aromatic heterocycles. The van der Waals surface area contributed by atoms with Crippen molar-refractivity contribution in [1.29, 1.82) is 0 Å². The van der Waals surface area contributed by atoms with Crippen LogP contribution in [-0.2, 0) is 15.9 Å². The SMILES string of the molecule is C[C@@H]1O[C@@H]2c3ccccc3C[C@H]2[C@@H](C)O1. The van der Waals surface area contributed by atoms with Crippen LogP contribution >= 0.6 is 0 Å². The van der Waals surface area contributed by atoms with E-state index in [9.17, 15) is 0 Å². The summed E-state index contributed by atoms with van der Waals surface area (Å²) in [5, 5.41) is 0. The highest BCUT2D eigenvalue weighted by Gasteiger charge is 2.41. The average Bonchev–Trinajstić information content (AvgIpc) is 2.57. The van der Waals surface area contributed by atoms with Gasteiger partial charge in [0.25, 0.3) is 0 Å². The van der Waals surface area contributed by atoms with E-state index in [1.807, 2.05) is 6.92 Å². The van der Waals surface area contributed by atoms with Crippen molar-refractivity contribution >= 4 is 0 Å². The lowest BCUT2D eigenvalue weighted by molar-refractivity contribution is -0.254. The molecule has 15 heavy (non-hydrogen) atoms. The lowest BCUT2D eigenvalue weighted by atomic mass is 9.96. The Bertz CT molecular complexity index is 375. The van der Waals surface area contributed by atoms with E-state index < -0.39 is 0 Å². The van der Waals surface area contributed by atoms with E-state index >= 15 is 0 Å². The van der Waals surface area contributed by atoms with Crippen LogP contribution in [0.15, 0.2) is 24.3 Å². The van der Waals surface area contributed by atoms with Crippen molar-refractivity contribution in [3.63, 3.8) is 0 Å². The van der Waals surface area contributed by atoms with E-state index in [0.29, 0.717) is 12.0 Å². The molecule has 0 unspecified atom stereocenters. The maximum absolute atomic E-state index is 5.88. The molecule has 1 aromatic rings. The summed E-state index contributed by atoms with van der Waals surface area (Å²) in [5.74, 6) is 0.499. The lowest BCUT2D eigenvalue weighted by Crippen LogP contribution is -2.37. The number of benzene rings is 1. The molecule has 80 valence electrons. The summed E-state index contributed by atoms with van der Waals surface area (Å²) >= 11 is 0. The summed E-state index contributed by atoms with van der Waals surface area (Å²) in [6.07, 6.45) is 1.56. The van der Waals surface area contributed by atoms with Crippen LogP contribution in [0.2, 0.25) is 0 Å². The molecule has 0 saturated carbocycles. The molecule has 0 radical (unpaired) electrons. The summed E-state index contributed by atoms with van der Waals surface area (Å²) in [6.45, 7) is 4.14. The Morgan fingerprint density at radius 1 is 1.13 bits per heavy atom. The van der Waals surface area contributed by atoms with Crippen LogP contribution in [0, 0.1) is 5.92 Å². The van der Waals surface area contributed by atoms with Gasteiger partial charge in [-0.25, -0.2) is 0 Å². The number of ether oxygens (including phenoxy) is 2. The third-order valence-corrected chi connectivity index (χ3v) is 3.55. The smallest absolute Gasteiger partial charge is 0.156 e. The van der Waals surface area contributed by atoms with E-state index in [0.717, 1.165) is 6.42 Å². The molecule has 1 heterocycles. The normalized spacial score (nSPS) is 38.5. The molecule has 1 fully saturated rings. The summed E-state index contributed by atoms with van der Waals surface area (Å²) in [6, 6.07) is 8.58. The molecule has 1 saturated heterocycles. The lowest BCUT2D eigenvalue weighted by Gasteiger charge is -2.36. The third kappa shape index (κ3) is 1.40. The Morgan fingerprint density at radius 3 is 2.80 bits per heavy atom. The van der Waals surface area contributed by atoms with E-state index in [4.69, 9.17) is 9.47 Å². The van der Waals surface area contributed by atoms with Gasteiger partial charge < -0.3 is 9.47 Å². The minimum atomic E-state index is -0.0765. The standard InChI is InChI=1S/C13H16O2/c1-8-12-7-10-5-3-4-6-11(10)13(12)15-9(2)14-8/h3-6,8-9,12-13H,7H2,1-2H3/t8-,9+,12+,13-/m1/s1. The molecule has 0 spiro atoms.